The predicted molar refractivity (Wildman–Crippen MR) is 152 cm³/mol. The monoisotopic (exact) mass is 564 g/mol. The average Bonchev–Trinajstić information content (AvgIpc) is 3.42. The first-order chi connectivity index (χ1) is 19.1. The molecule has 11 heteroatoms. The summed E-state index contributed by atoms with van der Waals surface area (Å²) in [5, 5.41) is 6.79. The molecule has 1 aromatic heterocycles. The van der Waals surface area contributed by atoms with Crippen LogP contribution in [0.3, 0.4) is 0 Å². The van der Waals surface area contributed by atoms with Crippen LogP contribution in [0.1, 0.15) is 42.6 Å². The Morgan fingerprint density at radius 2 is 1.70 bits per heavy atom. The van der Waals surface area contributed by atoms with Crippen LogP contribution in [0, 0.1) is 6.92 Å². The van der Waals surface area contributed by atoms with Crippen LogP contribution >= 0.6 is 0 Å². The van der Waals surface area contributed by atoms with E-state index in [1.165, 1.54) is 20.3 Å². The van der Waals surface area contributed by atoms with E-state index in [9.17, 15) is 13.2 Å². The van der Waals surface area contributed by atoms with Crippen molar-refractivity contribution >= 4 is 27.3 Å². The van der Waals surface area contributed by atoms with Gasteiger partial charge in [0.2, 0.25) is 11.8 Å². The highest BCUT2D eigenvalue weighted by Gasteiger charge is 2.30. The van der Waals surface area contributed by atoms with E-state index in [4.69, 9.17) is 14.0 Å². The summed E-state index contributed by atoms with van der Waals surface area (Å²) in [6.45, 7) is 5.28. The Hall–Kier alpha value is -4.38. The lowest BCUT2D eigenvalue weighted by molar-refractivity contribution is -0.114. The maximum absolute atomic E-state index is 13.9. The van der Waals surface area contributed by atoms with Gasteiger partial charge >= 0.3 is 0 Å². The van der Waals surface area contributed by atoms with Crippen molar-refractivity contribution in [1.29, 1.82) is 0 Å². The van der Waals surface area contributed by atoms with Crippen molar-refractivity contribution in [3.8, 4) is 11.5 Å². The molecule has 1 heterocycles. The highest BCUT2D eigenvalue weighted by atomic mass is 32.2. The van der Waals surface area contributed by atoms with Crippen molar-refractivity contribution in [2.24, 2.45) is 0 Å². The number of nitrogens with zero attached hydrogens (tertiary/aromatic N) is 3. The molecule has 1 N–H and O–H groups in total. The molecular weight excluding hydrogens is 532 g/mol. The third-order valence-electron chi connectivity index (χ3n) is 6.11. The average molecular weight is 565 g/mol. The third kappa shape index (κ3) is 6.60. The van der Waals surface area contributed by atoms with E-state index < -0.39 is 22.5 Å². The van der Waals surface area contributed by atoms with Gasteiger partial charge in [-0.25, -0.2) is 8.42 Å². The van der Waals surface area contributed by atoms with E-state index in [1.54, 1.807) is 55.5 Å². The van der Waals surface area contributed by atoms with Crippen LogP contribution in [-0.4, -0.2) is 45.2 Å². The molecule has 0 bridgehead atoms. The number of anilines is 2. The Labute approximate surface area is 234 Å². The van der Waals surface area contributed by atoms with Crippen LogP contribution in [-0.2, 0) is 21.2 Å². The summed E-state index contributed by atoms with van der Waals surface area (Å²) in [6.07, 6.45) is 0.478. The van der Waals surface area contributed by atoms with Crippen molar-refractivity contribution in [2.45, 2.75) is 38.0 Å². The van der Waals surface area contributed by atoms with Gasteiger partial charge in [0.1, 0.15) is 22.9 Å². The molecule has 0 aliphatic carbocycles. The molecule has 0 unspecified atom stereocenters. The molecule has 3 aromatic carbocycles. The zero-order valence-corrected chi connectivity index (χ0v) is 23.9. The number of hydrogen-bond donors (Lipinski definition) is 1. The maximum atomic E-state index is 13.9. The van der Waals surface area contributed by atoms with Gasteiger partial charge in [-0.2, -0.15) is 4.98 Å². The summed E-state index contributed by atoms with van der Waals surface area (Å²) >= 11 is 0. The van der Waals surface area contributed by atoms with Gasteiger partial charge in [0.25, 0.3) is 10.0 Å². The molecular formula is C29H32N4O6S. The minimum absolute atomic E-state index is 0.0370. The molecule has 10 nitrogen and oxygen atoms in total. The van der Waals surface area contributed by atoms with Gasteiger partial charge in [-0.1, -0.05) is 37.2 Å². The lowest BCUT2D eigenvalue weighted by atomic mass is 10.1. The first-order valence-electron chi connectivity index (χ1n) is 12.6. The Balaban J connectivity index is 1.55. The normalized spacial score (nSPS) is 11.3. The number of ether oxygens (including phenoxy) is 2. The van der Waals surface area contributed by atoms with Crippen LogP contribution < -0.4 is 19.1 Å². The maximum Gasteiger partial charge on any atom is 0.268 e. The largest absolute Gasteiger partial charge is 0.497 e. The first-order valence-corrected chi connectivity index (χ1v) is 14.1. The van der Waals surface area contributed by atoms with Gasteiger partial charge in [-0.3, -0.25) is 9.10 Å². The standard InChI is InChI=1S/C29H32N4O6S/c1-19(2)29-31-27(32-39-29)17-21-7-9-22(10-8-21)30-28(34)18-33(23-11-13-24(37-4)14-12-23)40(35,36)26-16-20(3)6-15-25(26)38-5/h6-16,19H,17-18H2,1-5H3,(H,30,34). The van der Waals surface area contributed by atoms with Crippen molar-refractivity contribution in [1.82, 2.24) is 10.1 Å². The number of rotatable bonds is 11. The summed E-state index contributed by atoms with van der Waals surface area (Å²) in [5.41, 5.74) is 2.49. The van der Waals surface area contributed by atoms with Gasteiger partial charge in [-0.05, 0) is 66.6 Å². The summed E-state index contributed by atoms with van der Waals surface area (Å²) in [5.74, 6) is 1.53. The van der Waals surface area contributed by atoms with Gasteiger partial charge in [0, 0.05) is 18.0 Å². The molecule has 0 radical (unpaired) electrons. The van der Waals surface area contributed by atoms with Crippen molar-refractivity contribution in [3.63, 3.8) is 0 Å². The Bertz CT molecular complexity index is 1570. The van der Waals surface area contributed by atoms with Gasteiger partial charge in [0.05, 0.1) is 19.9 Å². The van der Waals surface area contributed by atoms with E-state index in [2.05, 4.69) is 15.5 Å². The predicted octanol–water partition coefficient (Wildman–Crippen LogP) is 4.94. The van der Waals surface area contributed by atoms with Crippen LogP contribution in [0.15, 0.2) is 76.1 Å². The second-order valence-electron chi connectivity index (χ2n) is 9.49. The fourth-order valence-electron chi connectivity index (χ4n) is 3.96. The Kier molecular flexibility index (Phi) is 8.73. The molecule has 40 heavy (non-hydrogen) atoms. The van der Waals surface area contributed by atoms with Gasteiger partial charge in [0.15, 0.2) is 5.82 Å². The Morgan fingerprint density at radius 1 is 1.00 bits per heavy atom. The number of aryl methyl sites for hydroxylation is 1. The lowest BCUT2D eigenvalue weighted by Crippen LogP contribution is -2.38. The minimum atomic E-state index is -4.19. The smallest absolute Gasteiger partial charge is 0.268 e. The number of amides is 1. The molecule has 0 spiro atoms. The number of carbonyl (C=O) groups excluding carboxylic acids is 1. The van der Waals surface area contributed by atoms with Crippen LogP contribution in [0.5, 0.6) is 11.5 Å². The van der Waals surface area contributed by atoms with E-state index in [-0.39, 0.29) is 16.6 Å². The topological polar surface area (TPSA) is 124 Å². The number of aromatic nitrogens is 2. The SMILES string of the molecule is COc1ccc(N(CC(=O)Nc2ccc(Cc3noc(C(C)C)n3)cc2)S(=O)(=O)c2cc(C)ccc2OC)cc1. The van der Waals surface area contributed by atoms with E-state index in [0.29, 0.717) is 35.3 Å². The molecule has 0 atom stereocenters. The molecule has 4 aromatic rings. The van der Waals surface area contributed by atoms with E-state index >= 15 is 0 Å². The second kappa shape index (κ2) is 12.2. The number of benzene rings is 3. The van der Waals surface area contributed by atoms with E-state index in [1.807, 2.05) is 26.0 Å². The number of sulfonamides is 1. The third-order valence-corrected chi connectivity index (χ3v) is 7.91. The van der Waals surface area contributed by atoms with Crippen molar-refractivity contribution in [2.75, 3.05) is 30.4 Å². The molecule has 0 aliphatic heterocycles. The lowest BCUT2D eigenvalue weighted by Gasteiger charge is -2.25. The molecule has 0 aliphatic rings. The van der Waals surface area contributed by atoms with Crippen molar-refractivity contribution in [3.05, 3.63) is 89.6 Å². The quantitative estimate of drug-likeness (QED) is 0.272. The minimum Gasteiger partial charge on any atom is -0.497 e. The fourth-order valence-corrected chi connectivity index (χ4v) is 5.63. The summed E-state index contributed by atoms with van der Waals surface area (Å²) in [7, 11) is -1.27. The number of carbonyl (C=O) groups is 1. The highest BCUT2D eigenvalue weighted by molar-refractivity contribution is 7.93. The number of methoxy groups -OCH3 is 2. The molecule has 0 saturated carbocycles. The van der Waals surface area contributed by atoms with E-state index in [0.717, 1.165) is 15.4 Å². The van der Waals surface area contributed by atoms with Crippen molar-refractivity contribution < 1.29 is 27.2 Å². The molecule has 0 fully saturated rings. The second-order valence-corrected chi connectivity index (χ2v) is 11.3. The molecule has 0 saturated heterocycles. The highest BCUT2D eigenvalue weighted by Crippen LogP contribution is 2.31. The fraction of sp³-hybridized carbons (Fsp3) is 0.276. The molecule has 1 amide bonds. The number of hydrogen-bond acceptors (Lipinski definition) is 8. The number of nitrogens with one attached hydrogen (secondary N) is 1. The van der Waals surface area contributed by atoms with Crippen LogP contribution in [0.4, 0.5) is 11.4 Å². The molecule has 4 rings (SSSR count). The Morgan fingerprint density at radius 3 is 2.30 bits per heavy atom. The summed E-state index contributed by atoms with van der Waals surface area (Å²) in [4.78, 5) is 17.5. The van der Waals surface area contributed by atoms with Gasteiger partial charge < -0.3 is 19.3 Å². The molecule has 210 valence electrons. The summed E-state index contributed by atoms with van der Waals surface area (Å²) < 4.78 is 44.6. The zero-order valence-electron chi connectivity index (χ0n) is 23.0. The first kappa shape index (κ1) is 28.6. The van der Waals surface area contributed by atoms with Crippen LogP contribution in [0.2, 0.25) is 0 Å². The van der Waals surface area contributed by atoms with Crippen LogP contribution in [0.25, 0.3) is 0 Å². The van der Waals surface area contributed by atoms with Gasteiger partial charge in [-0.15, -0.1) is 0 Å². The zero-order chi connectivity index (χ0) is 28.9. The summed E-state index contributed by atoms with van der Waals surface area (Å²) in [6, 6.07) is 18.5.